The van der Waals surface area contributed by atoms with Crippen LogP contribution >= 0.6 is 0 Å². The SMILES string of the molecule is O=C1CC[C@H](C(=O)N[C@H](c2ccc(F)cc2)C(F)(F)F)N1. The van der Waals surface area contributed by atoms with E-state index in [1.54, 1.807) is 0 Å². The van der Waals surface area contributed by atoms with E-state index in [0.717, 1.165) is 24.3 Å². The first-order chi connectivity index (χ1) is 9.77. The predicted molar refractivity (Wildman–Crippen MR) is 64.5 cm³/mol. The molecule has 0 spiro atoms. The Balaban J connectivity index is 2.15. The van der Waals surface area contributed by atoms with Gasteiger partial charge in [-0.2, -0.15) is 13.2 Å². The van der Waals surface area contributed by atoms with Crippen LogP contribution in [0, 0.1) is 5.82 Å². The van der Waals surface area contributed by atoms with Crippen molar-refractivity contribution >= 4 is 11.8 Å². The predicted octanol–water partition coefficient (Wildman–Crippen LogP) is 1.82. The zero-order valence-corrected chi connectivity index (χ0v) is 10.7. The van der Waals surface area contributed by atoms with Crippen LogP contribution in [0.3, 0.4) is 0 Å². The van der Waals surface area contributed by atoms with E-state index in [2.05, 4.69) is 5.32 Å². The largest absolute Gasteiger partial charge is 0.412 e. The summed E-state index contributed by atoms with van der Waals surface area (Å²) >= 11 is 0. The number of hydrogen-bond acceptors (Lipinski definition) is 2. The molecule has 4 nitrogen and oxygen atoms in total. The molecule has 21 heavy (non-hydrogen) atoms. The van der Waals surface area contributed by atoms with Crippen molar-refractivity contribution in [3.05, 3.63) is 35.6 Å². The van der Waals surface area contributed by atoms with Crippen LogP contribution in [0.5, 0.6) is 0 Å². The summed E-state index contributed by atoms with van der Waals surface area (Å²) in [5.41, 5.74) is -0.276. The lowest BCUT2D eigenvalue weighted by Gasteiger charge is -2.23. The van der Waals surface area contributed by atoms with E-state index < -0.39 is 30.0 Å². The van der Waals surface area contributed by atoms with Gasteiger partial charge < -0.3 is 10.6 Å². The van der Waals surface area contributed by atoms with Crippen molar-refractivity contribution < 1.29 is 27.2 Å². The summed E-state index contributed by atoms with van der Waals surface area (Å²) in [6, 6.07) is 0.475. The average Bonchev–Trinajstić information content (AvgIpc) is 2.82. The number of amides is 2. The van der Waals surface area contributed by atoms with E-state index in [9.17, 15) is 27.2 Å². The summed E-state index contributed by atoms with van der Waals surface area (Å²) in [5, 5.41) is 4.15. The average molecular weight is 304 g/mol. The summed E-state index contributed by atoms with van der Waals surface area (Å²) in [7, 11) is 0. The Labute approximate surface area is 117 Å². The number of carbonyl (C=O) groups excluding carboxylic acids is 2. The van der Waals surface area contributed by atoms with Gasteiger partial charge in [-0.25, -0.2) is 4.39 Å². The number of benzene rings is 1. The first kappa shape index (κ1) is 15.3. The molecule has 0 unspecified atom stereocenters. The van der Waals surface area contributed by atoms with Crippen molar-refractivity contribution in [2.45, 2.75) is 31.1 Å². The first-order valence-electron chi connectivity index (χ1n) is 6.19. The van der Waals surface area contributed by atoms with Gasteiger partial charge in [-0.3, -0.25) is 9.59 Å². The van der Waals surface area contributed by atoms with Crippen molar-refractivity contribution in [1.29, 1.82) is 0 Å². The number of alkyl halides is 3. The summed E-state index contributed by atoms with van der Waals surface area (Å²) in [6.45, 7) is 0. The van der Waals surface area contributed by atoms with Crippen LogP contribution < -0.4 is 10.6 Å². The van der Waals surface area contributed by atoms with Gasteiger partial charge in [0, 0.05) is 6.42 Å². The van der Waals surface area contributed by atoms with E-state index >= 15 is 0 Å². The van der Waals surface area contributed by atoms with Crippen molar-refractivity contribution in [3.63, 3.8) is 0 Å². The second-order valence-electron chi connectivity index (χ2n) is 4.69. The molecule has 1 saturated heterocycles. The van der Waals surface area contributed by atoms with E-state index in [0.29, 0.717) is 0 Å². The van der Waals surface area contributed by atoms with Crippen molar-refractivity contribution in [2.75, 3.05) is 0 Å². The Kier molecular flexibility index (Phi) is 4.15. The minimum atomic E-state index is -4.73. The van der Waals surface area contributed by atoms with Crippen LogP contribution in [0.15, 0.2) is 24.3 Å². The van der Waals surface area contributed by atoms with Gasteiger partial charge in [0.05, 0.1) is 0 Å². The Morgan fingerprint density at radius 3 is 2.38 bits per heavy atom. The van der Waals surface area contributed by atoms with E-state index in [1.165, 1.54) is 0 Å². The molecule has 1 aromatic carbocycles. The fourth-order valence-electron chi connectivity index (χ4n) is 2.06. The van der Waals surface area contributed by atoms with Crippen LogP contribution in [0.1, 0.15) is 24.4 Å². The van der Waals surface area contributed by atoms with Crippen LogP contribution in [-0.2, 0) is 9.59 Å². The lowest BCUT2D eigenvalue weighted by Crippen LogP contribution is -2.46. The zero-order valence-electron chi connectivity index (χ0n) is 10.7. The molecule has 0 aliphatic carbocycles. The Morgan fingerprint density at radius 2 is 1.90 bits per heavy atom. The highest BCUT2D eigenvalue weighted by atomic mass is 19.4. The monoisotopic (exact) mass is 304 g/mol. The van der Waals surface area contributed by atoms with Crippen molar-refractivity contribution in [2.24, 2.45) is 0 Å². The smallest absolute Gasteiger partial charge is 0.344 e. The number of hydrogen-bond donors (Lipinski definition) is 2. The van der Waals surface area contributed by atoms with Crippen LogP contribution in [0.4, 0.5) is 17.6 Å². The molecule has 1 heterocycles. The Hall–Kier alpha value is -2.12. The van der Waals surface area contributed by atoms with Gasteiger partial charge in [0.15, 0.2) is 6.04 Å². The fourth-order valence-corrected chi connectivity index (χ4v) is 2.06. The van der Waals surface area contributed by atoms with Gasteiger partial charge in [0.1, 0.15) is 11.9 Å². The van der Waals surface area contributed by atoms with Gasteiger partial charge in [0.2, 0.25) is 11.8 Å². The zero-order chi connectivity index (χ0) is 15.6. The Morgan fingerprint density at radius 1 is 1.29 bits per heavy atom. The second kappa shape index (κ2) is 5.71. The molecule has 1 aliphatic heterocycles. The highest BCUT2D eigenvalue weighted by Crippen LogP contribution is 2.33. The third kappa shape index (κ3) is 3.71. The highest BCUT2D eigenvalue weighted by Gasteiger charge is 2.43. The normalized spacial score (nSPS) is 20.0. The molecule has 114 valence electrons. The summed E-state index contributed by atoms with van der Waals surface area (Å²) in [4.78, 5) is 22.8. The van der Waals surface area contributed by atoms with E-state index in [-0.39, 0.29) is 24.3 Å². The lowest BCUT2D eigenvalue weighted by atomic mass is 10.1. The molecule has 0 bridgehead atoms. The number of rotatable bonds is 3. The molecule has 0 saturated carbocycles. The van der Waals surface area contributed by atoms with Gasteiger partial charge >= 0.3 is 6.18 Å². The minimum Gasteiger partial charge on any atom is -0.344 e. The highest BCUT2D eigenvalue weighted by molar-refractivity contribution is 5.91. The van der Waals surface area contributed by atoms with Crippen LogP contribution in [0.25, 0.3) is 0 Å². The number of nitrogens with one attached hydrogen (secondary N) is 2. The third-order valence-electron chi connectivity index (χ3n) is 3.13. The van der Waals surface area contributed by atoms with Crippen molar-refractivity contribution in [3.8, 4) is 0 Å². The first-order valence-corrected chi connectivity index (χ1v) is 6.19. The summed E-state index contributed by atoms with van der Waals surface area (Å²) < 4.78 is 51.9. The van der Waals surface area contributed by atoms with Gasteiger partial charge in [-0.15, -0.1) is 0 Å². The van der Waals surface area contributed by atoms with Gasteiger partial charge in [-0.05, 0) is 24.1 Å². The molecule has 1 fully saturated rings. The molecule has 0 aromatic heterocycles. The Bertz CT molecular complexity index is 542. The van der Waals surface area contributed by atoms with Crippen LogP contribution in [0.2, 0.25) is 0 Å². The van der Waals surface area contributed by atoms with Crippen LogP contribution in [-0.4, -0.2) is 24.0 Å². The quantitative estimate of drug-likeness (QED) is 0.837. The maximum atomic E-state index is 13.0. The molecule has 1 aliphatic rings. The maximum Gasteiger partial charge on any atom is 0.412 e. The molecule has 2 N–H and O–H groups in total. The molecule has 2 atom stereocenters. The molecule has 0 radical (unpaired) electrons. The maximum absolute atomic E-state index is 13.0. The topological polar surface area (TPSA) is 58.2 Å². The molecule has 8 heteroatoms. The van der Waals surface area contributed by atoms with Gasteiger partial charge in [-0.1, -0.05) is 12.1 Å². The molecule has 1 aromatic rings. The number of halogens is 4. The van der Waals surface area contributed by atoms with Gasteiger partial charge in [0.25, 0.3) is 0 Å². The molecular weight excluding hydrogens is 292 g/mol. The lowest BCUT2D eigenvalue weighted by molar-refractivity contribution is -0.164. The standard InChI is InChI=1S/C13H12F4N2O2/c14-8-3-1-7(2-4-8)11(13(15,16)17)19-12(21)9-5-6-10(20)18-9/h1-4,9,11H,5-6H2,(H,18,20)(H,19,21)/t9-,11-/m1/s1. The number of carbonyl (C=O) groups is 2. The summed E-state index contributed by atoms with van der Waals surface area (Å²) in [5.74, 6) is -1.96. The fraction of sp³-hybridized carbons (Fsp3) is 0.385. The summed E-state index contributed by atoms with van der Waals surface area (Å²) in [6.07, 6.45) is -4.47. The molecular formula is C13H12F4N2O2. The third-order valence-corrected chi connectivity index (χ3v) is 3.13. The molecule has 2 amide bonds. The minimum absolute atomic E-state index is 0.102. The second-order valence-corrected chi connectivity index (χ2v) is 4.69. The molecule has 2 rings (SSSR count). The van der Waals surface area contributed by atoms with Crippen molar-refractivity contribution in [1.82, 2.24) is 10.6 Å². The van der Waals surface area contributed by atoms with E-state index in [4.69, 9.17) is 0 Å². The van der Waals surface area contributed by atoms with E-state index in [1.807, 2.05) is 5.32 Å².